The second-order valence-electron chi connectivity index (χ2n) is 4.55. The third-order valence-corrected chi connectivity index (χ3v) is 3.48. The molecular formula is C15H10FN3S. The van der Waals surface area contributed by atoms with Crippen molar-refractivity contribution in [1.29, 1.82) is 5.26 Å². The molecule has 98 valence electrons. The van der Waals surface area contributed by atoms with Gasteiger partial charge in [0.2, 0.25) is 0 Å². The Morgan fingerprint density at radius 1 is 1.30 bits per heavy atom. The van der Waals surface area contributed by atoms with E-state index in [-0.39, 0.29) is 5.82 Å². The highest BCUT2D eigenvalue weighted by Gasteiger charge is 2.09. The molecule has 0 radical (unpaired) electrons. The summed E-state index contributed by atoms with van der Waals surface area (Å²) in [5.41, 5.74) is 3.32. The first-order valence-corrected chi connectivity index (χ1v) is 6.42. The topological polar surface area (TPSA) is 44.5 Å². The van der Waals surface area contributed by atoms with Gasteiger partial charge in [0, 0.05) is 5.69 Å². The number of aryl methyl sites for hydroxylation is 1. The summed E-state index contributed by atoms with van der Waals surface area (Å²) in [6, 6.07) is 12.4. The van der Waals surface area contributed by atoms with Crippen LogP contribution in [0.2, 0.25) is 0 Å². The van der Waals surface area contributed by atoms with Crippen LogP contribution in [0, 0.1) is 28.8 Å². The van der Waals surface area contributed by atoms with Gasteiger partial charge in [-0.1, -0.05) is 6.07 Å². The van der Waals surface area contributed by atoms with E-state index in [9.17, 15) is 4.39 Å². The molecule has 3 rings (SSSR count). The number of aromatic amines is 1. The van der Waals surface area contributed by atoms with Crippen LogP contribution in [-0.4, -0.2) is 9.55 Å². The molecule has 1 N–H and O–H groups in total. The van der Waals surface area contributed by atoms with Gasteiger partial charge in [-0.25, -0.2) is 4.39 Å². The van der Waals surface area contributed by atoms with E-state index in [1.54, 1.807) is 35.8 Å². The highest BCUT2D eigenvalue weighted by molar-refractivity contribution is 7.71. The Labute approximate surface area is 119 Å². The number of benzene rings is 2. The molecule has 1 aromatic heterocycles. The Kier molecular flexibility index (Phi) is 2.88. The van der Waals surface area contributed by atoms with Crippen LogP contribution in [0.3, 0.4) is 0 Å². The lowest BCUT2D eigenvalue weighted by molar-refractivity contribution is 0.620. The van der Waals surface area contributed by atoms with E-state index in [1.165, 1.54) is 6.07 Å². The molecule has 0 saturated heterocycles. The molecule has 3 nitrogen and oxygen atoms in total. The van der Waals surface area contributed by atoms with Crippen molar-refractivity contribution >= 4 is 23.3 Å². The van der Waals surface area contributed by atoms with Crippen molar-refractivity contribution in [3.8, 4) is 11.8 Å². The number of imidazole rings is 1. The van der Waals surface area contributed by atoms with E-state index in [0.717, 1.165) is 11.2 Å². The van der Waals surface area contributed by atoms with Crippen molar-refractivity contribution < 1.29 is 4.39 Å². The fourth-order valence-electron chi connectivity index (χ4n) is 2.20. The predicted octanol–water partition coefficient (Wildman–Crippen LogP) is 4.01. The Balaban J connectivity index is 2.36. The molecule has 0 unspecified atom stereocenters. The van der Waals surface area contributed by atoms with Gasteiger partial charge in [0.05, 0.1) is 22.7 Å². The third-order valence-electron chi connectivity index (χ3n) is 3.20. The number of H-pyrrole nitrogens is 1. The van der Waals surface area contributed by atoms with Gasteiger partial charge >= 0.3 is 0 Å². The molecule has 0 fully saturated rings. The minimum Gasteiger partial charge on any atom is -0.330 e. The van der Waals surface area contributed by atoms with Gasteiger partial charge in [-0.15, -0.1) is 0 Å². The molecule has 1 heterocycles. The van der Waals surface area contributed by atoms with Gasteiger partial charge < -0.3 is 4.98 Å². The molecule has 2 aromatic carbocycles. The van der Waals surface area contributed by atoms with Crippen molar-refractivity contribution in [2.75, 3.05) is 0 Å². The van der Waals surface area contributed by atoms with E-state index in [4.69, 9.17) is 17.5 Å². The maximum atomic E-state index is 13.6. The Morgan fingerprint density at radius 2 is 2.10 bits per heavy atom. The number of rotatable bonds is 1. The summed E-state index contributed by atoms with van der Waals surface area (Å²) in [6.07, 6.45) is 0. The number of fused-ring (bicyclic) bond motifs is 1. The number of aromatic nitrogens is 2. The molecule has 0 atom stereocenters. The second kappa shape index (κ2) is 4.58. The van der Waals surface area contributed by atoms with Crippen LogP contribution >= 0.6 is 12.2 Å². The van der Waals surface area contributed by atoms with Gasteiger partial charge in [-0.2, -0.15) is 5.26 Å². The highest BCUT2D eigenvalue weighted by Crippen LogP contribution is 2.23. The lowest BCUT2D eigenvalue weighted by Crippen LogP contribution is -1.95. The first-order valence-electron chi connectivity index (χ1n) is 6.01. The lowest BCUT2D eigenvalue weighted by Gasteiger charge is -2.05. The number of hydrogen-bond donors (Lipinski definition) is 1. The predicted molar refractivity (Wildman–Crippen MR) is 77.9 cm³/mol. The first kappa shape index (κ1) is 12.6. The summed E-state index contributed by atoms with van der Waals surface area (Å²) >= 11 is 5.30. The van der Waals surface area contributed by atoms with E-state index in [1.807, 2.05) is 6.07 Å². The van der Waals surface area contributed by atoms with Gasteiger partial charge in [0.15, 0.2) is 4.77 Å². The van der Waals surface area contributed by atoms with Crippen LogP contribution in [0.4, 0.5) is 4.39 Å². The summed E-state index contributed by atoms with van der Waals surface area (Å²) in [4.78, 5) is 2.99. The Hall–Kier alpha value is -2.45. The van der Waals surface area contributed by atoms with E-state index in [0.29, 0.717) is 21.4 Å². The molecule has 0 aliphatic carbocycles. The number of hydrogen-bond acceptors (Lipinski definition) is 2. The number of nitrogens with zero attached hydrogens (tertiary/aromatic N) is 2. The number of nitrogens with one attached hydrogen (secondary N) is 1. The van der Waals surface area contributed by atoms with Crippen molar-refractivity contribution in [2.24, 2.45) is 0 Å². The van der Waals surface area contributed by atoms with Crippen molar-refractivity contribution in [3.05, 3.63) is 58.1 Å². The zero-order valence-electron chi connectivity index (χ0n) is 10.6. The summed E-state index contributed by atoms with van der Waals surface area (Å²) in [6.45, 7) is 1.71. The molecule has 5 heteroatoms. The van der Waals surface area contributed by atoms with Gasteiger partial charge in [-0.05, 0) is 55.0 Å². The summed E-state index contributed by atoms with van der Waals surface area (Å²) < 4.78 is 15.9. The van der Waals surface area contributed by atoms with Crippen LogP contribution in [0.5, 0.6) is 0 Å². The van der Waals surface area contributed by atoms with Crippen LogP contribution in [0.25, 0.3) is 16.7 Å². The maximum Gasteiger partial charge on any atom is 0.182 e. The molecule has 0 aliphatic rings. The second-order valence-corrected chi connectivity index (χ2v) is 4.93. The Bertz CT molecular complexity index is 915. The molecule has 0 aliphatic heterocycles. The third kappa shape index (κ3) is 1.91. The monoisotopic (exact) mass is 283 g/mol. The van der Waals surface area contributed by atoms with Crippen LogP contribution in [-0.2, 0) is 0 Å². The van der Waals surface area contributed by atoms with Crippen LogP contribution in [0.15, 0.2) is 36.4 Å². The normalized spacial score (nSPS) is 10.7. The average molecular weight is 283 g/mol. The van der Waals surface area contributed by atoms with Crippen LogP contribution in [0.1, 0.15) is 11.1 Å². The SMILES string of the molecule is Cc1cc2c(cc1F)[nH]c(=S)n2-c1cccc(C#N)c1. The molecule has 0 bridgehead atoms. The average Bonchev–Trinajstić information content (AvgIpc) is 2.74. The molecular weight excluding hydrogens is 273 g/mol. The fraction of sp³-hybridized carbons (Fsp3) is 0.0667. The number of nitriles is 1. The van der Waals surface area contributed by atoms with E-state index in [2.05, 4.69) is 11.1 Å². The quantitative estimate of drug-likeness (QED) is 0.686. The van der Waals surface area contributed by atoms with Crippen molar-refractivity contribution in [2.45, 2.75) is 6.92 Å². The Morgan fingerprint density at radius 3 is 2.85 bits per heavy atom. The van der Waals surface area contributed by atoms with Gasteiger partial charge in [0.1, 0.15) is 5.82 Å². The fourth-order valence-corrected chi connectivity index (χ4v) is 2.52. The van der Waals surface area contributed by atoms with E-state index >= 15 is 0 Å². The number of halogens is 1. The minimum absolute atomic E-state index is 0.272. The molecule has 0 saturated carbocycles. The molecule has 3 aromatic rings. The lowest BCUT2D eigenvalue weighted by atomic mass is 10.2. The maximum absolute atomic E-state index is 13.6. The zero-order chi connectivity index (χ0) is 14.3. The molecule has 0 spiro atoms. The van der Waals surface area contributed by atoms with Crippen molar-refractivity contribution in [3.63, 3.8) is 0 Å². The zero-order valence-corrected chi connectivity index (χ0v) is 11.5. The smallest absolute Gasteiger partial charge is 0.182 e. The van der Waals surface area contributed by atoms with Crippen molar-refractivity contribution in [1.82, 2.24) is 9.55 Å². The molecule has 20 heavy (non-hydrogen) atoms. The highest BCUT2D eigenvalue weighted by atomic mass is 32.1. The van der Waals surface area contributed by atoms with E-state index < -0.39 is 0 Å². The standard InChI is InChI=1S/C15H10FN3S/c1-9-5-14-13(7-12(9)16)18-15(20)19(14)11-4-2-3-10(6-11)8-17/h2-7H,1H3,(H,18,20). The summed E-state index contributed by atoms with van der Waals surface area (Å²) in [7, 11) is 0. The minimum atomic E-state index is -0.272. The summed E-state index contributed by atoms with van der Waals surface area (Å²) in [5, 5.41) is 8.98. The van der Waals surface area contributed by atoms with Crippen LogP contribution < -0.4 is 0 Å². The largest absolute Gasteiger partial charge is 0.330 e. The molecule has 0 amide bonds. The van der Waals surface area contributed by atoms with Gasteiger partial charge in [-0.3, -0.25) is 4.57 Å². The first-order chi connectivity index (χ1) is 9.60. The van der Waals surface area contributed by atoms with Gasteiger partial charge in [0.25, 0.3) is 0 Å². The summed E-state index contributed by atoms with van der Waals surface area (Å²) in [5.74, 6) is -0.272.